The molecule has 4 N–H and O–H groups in total. The molecular weight excluding hydrogens is 290 g/mol. The van der Waals surface area contributed by atoms with Gasteiger partial charge in [-0.3, -0.25) is 9.59 Å². The third-order valence-corrected chi connectivity index (χ3v) is 3.46. The second-order valence-electron chi connectivity index (χ2n) is 5.38. The van der Waals surface area contributed by atoms with E-state index in [-0.39, 0.29) is 0 Å². The molecule has 23 heavy (non-hydrogen) atoms. The van der Waals surface area contributed by atoms with Gasteiger partial charge in [0.25, 0.3) is 0 Å². The normalized spacial score (nSPS) is 10.2. The summed E-state index contributed by atoms with van der Waals surface area (Å²) in [4.78, 5) is 23.6. The maximum atomic E-state index is 11.8. The minimum Gasteiger partial charge on any atom is -0.344 e. The lowest BCUT2D eigenvalue weighted by atomic mass is 10.1. The Hall–Kier alpha value is -2.66. The molecule has 2 amide bonds. The third-order valence-electron chi connectivity index (χ3n) is 3.46. The third kappa shape index (κ3) is 5.23. The minimum atomic E-state index is -0.643. The molecule has 0 saturated carbocycles. The number of hydrogen-bond donors (Lipinski definition) is 3. The molecule has 0 heterocycles. The van der Waals surface area contributed by atoms with Gasteiger partial charge in [0, 0.05) is 19.6 Å². The summed E-state index contributed by atoms with van der Waals surface area (Å²) in [6.07, 6.45) is 0. The Balaban J connectivity index is 1.80. The Kier molecular flexibility index (Phi) is 5.88. The Bertz CT molecular complexity index is 681. The van der Waals surface area contributed by atoms with E-state index in [0.29, 0.717) is 19.6 Å². The molecule has 0 spiro atoms. The fourth-order valence-electron chi connectivity index (χ4n) is 2.10. The number of carbonyl (C=O) groups excluding carboxylic acids is 2. The zero-order valence-electron chi connectivity index (χ0n) is 13.1. The van der Waals surface area contributed by atoms with Gasteiger partial charge in [0.05, 0.1) is 0 Å². The first-order valence-electron chi connectivity index (χ1n) is 7.48. The minimum absolute atomic E-state index is 0.296. The van der Waals surface area contributed by atoms with Crippen LogP contribution >= 0.6 is 0 Å². The van der Waals surface area contributed by atoms with E-state index in [1.54, 1.807) is 0 Å². The fourth-order valence-corrected chi connectivity index (χ4v) is 2.10. The number of benzene rings is 2. The van der Waals surface area contributed by atoms with Crippen LogP contribution in [0.3, 0.4) is 0 Å². The Morgan fingerprint density at radius 2 is 1.43 bits per heavy atom. The molecule has 0 aliphatic heterocycles. The summed E-state index contributed by atoms with van der Waals surface area (Å²) in [5.41, 5.74) is 9.57. The molecule has 120 valence electrons. The molecule has 0 bridgehead atoms. The van der Waals surface area contributed by atoms with Crippen molar-refractivity contribution in [2.75, 3.05) is 0 Å². The van der Waals surface area contributed by atoms with E-state index < -0.39 is 11.8 Å². The van der Waals surface area contributed by atoms with Crippen molar-refractivity contribution in [3.05, 3.63) is 70.8 Å². The van der Waals surface area contributed by atoms with Crippen molar-refractivity contribution in [1.29, 1.82) is 0 Å². The molecule has 0 radical (unpaired) electrons. The molecule has 0 aromatic heterocycles. The molecule has 0 fully saturated rings. The number of nitrogens with one attached hydrogen (secondary N) is 2. The Labute approximate surface area is 135 Å². The van der Waals surface area contributed by atoms with Gasteiger partial charge < -0.3 is 16.4 Å². The van der Waals surface area contributed by atoms with Crippen molar-refractivity contribution in [1.82, 2.24) is 10.6 Å². The number of rotatable bonds is 5. The summed E-state index contributed by atoms with van der Waals surface area (Å²) >= 11 is 0. The zero-order valence-corrected chi connectivity index (χ0v) is 13.1. The second-order valence-corrected chi connectivity index (χ2v) is 5.38. The topological polar surface area (TPSA) is 84.2 Å². The predicted octanol–water partition coefficient (Wildman–Crippen LogP) is 1.39. The Morgan fingerprint density at radius 1 is 0.870 bits per heavy atom. The summed E-state index contributed by atoms with van der Waals surface area (Å²) < 4.78 is 0. The number of aryl methyl sites for hydroxylation is 1. The molecule has 2 rings (SSSR count). The first kappa shape index (κ1) is 16.7. The molecule has 2 aromatic carbocycles. The van der Waals surface area contributed by atoms with Crippen LogP contribution < -0.4 is 16.4 Å². The van der Waals surface area contributed by atoms with Gasteiger partial charge in [0.15, 0.2) is 0 Å². The first-order valence-corrected chi connectivity index (χ1v) is 7.48. The van der Waals surface area contributed by atoms with Gasteiger partial charge in [-0.25, -0.2) is 0 Å². The fraction of sp³-hybridized carbons (Fsp3) is 0.222. The molecule has 2 aromatic rings. The van der Waals surface area contributed by atoms with E-state index in [2.05, 4.69) is 10.6 Å². The lowest BCUT2D eigenvalue weighted by Crippen LogP contribution is -2.39. The van der Waals surface area contributed by atoms with Gasteiger partial charge in [-0.1, -0.05) is 54.1 Å². The molecule has 0 unspecified atom stereocenters. The van der Waals surface area contributed by atoms with Crippen LogP contribution in [0.25, 0.3) is 0 Å². The van der Waals surface area contributed by atoms with E-state index >= 15 is 0 Å². The molecule has 0 saturated heterocycles. The van der Waals surface area contributed by atoms with Crippen molar-refractivity contribution in [2.24, 2.45) is 5.73 Å². The highest BCUT2D eigenvalue weighted by atomic mass is 16.2. The maximum Gasteiger partial charge on any atom is 0.309 e. The quantitative estimate of drug-likeness (QED) is 0.730. The second kappa shape index (κ2) is 8.10. The number of amides is 2. The molecule has 0 aliphatic rings. The smallest absolute Gasteiger partial charge is 0.309 e. The monoisotopic (exact) mass is 311 g/mol. The number of carbonyl (C=O) groups is 2. The zero-order chi connectivity index (χ0) is 16.7. The highest BCUT2D eigenvalue weighted by molar-refractivity contribution is 6.35. The van der Waals surface area contributed by atoms with Crippen LogP contribution in [0, 0.1) is 6.92 Å². The van der Waals surface area contributed by atoms with E-state index in [1.165, 1.54) is 0 Å². The van der Waals surface area contributed by atoms with Crippen LogP contribution in [-0.2, 0) is 29.2 Å². The van der Waals surface area contributed by atoms with Gasteiger partial charge in [0.2, 0.25) is 0 Å². The summed E-state index contributed by atoms with van der Waals surface area (Å²) in [7, 11) is 0. The van der Waals surface area contributed by atoms with Crippen LogP contribution in [0.5, 0.6) is 0 Å². The summed E-state index contributed by atoms with van der Waals surface area (Å²) in [5, 5.41) is 5.21. The van der Waals surface area contributed by atoms with E-state index in [0.717, 1.165) is 22.3 Å². The molecule has 5 heteroatoms. The van der Waals surface area contributed by atoms with Crippen molar-refractivity contribution < 1.29 is 9.59 Å². The van der Waals surface area contributed by atoms with Gasteiger partial charge in [-0.05, 0) is 23.6 Å². The highest BCUT2D eigenvalue weighted by Gasteiger charge is 2.12. The Morgan fingerprint density at radius 3 is 2.04 bits per heavy atom. The number of nitrogens with two attached hydrogens (primary N) is 1. The van der Waals surface area contributed by atoms with Crippen molar-refractivity contribution >= 4 is 11.8 Å². The average Bonchev–Trinajstić information content (AvgIpc) is 2.59. The largest absolute Gasteiger partial charge is 0.344 e. The SMILES string of the molecule is Cc1ccc(CNC(=O)C(=O)NCc2cccc(CN)c2)cc1. The summed E-state index contributed by atoms with van der Waals surface area (Å²) in [5.74, 6) is -1.28. The lowest BCUT2D eigenvalue weighted by Gasteiger charge is -2.08. The van der Waals surface area contributed by atoms with Gasteiger partial charge in [-0.15, -0.1) is 0 Å². The lowest BCUT2D eigenvalue weighted by molar-refractivity contribution is -0.139. The first-order chi connectivity index (χ1) is 11.1. The summed E-state index contributed by atoms with van der Waals surface area (Å²) in [6.45, 7) is 3.06. The van der Waals surface area contributed by atoms with Gasteiger partial charge >= 0.3 is 11.8 Å². The standard InChI is InChI=1S/C18H21N3O2/c1-13-5-7-14(8-6-13)11-20-17(22)18(23)21-12-16-4-2-3-15(9-16)10-19/h2-9H,10-12,19H2,1H3,(H,20,22)(H,21,23). The van der Waals surface area contributed by atoms with E-state index in [1.807, 2.05) is 55.5 Å². The molecule has 0 atom stereocenters. The number of hydrogen-bond acceptors (Lipinski definition) is 3. The van der Waals surface area contributed by atoms with Gasteiger partial charge in [0.1, 0.15) is 0 Å². The van der Waals surface area contributed by atoms with Crippen LogP contribution in [0.1, 0.15) is 22.3 Å². The van der Waals surface area contributed by atoms with E-state index in [4.69, 9.17) is 5.73 Å². The average molecular weight is 311 g/mol. The molecule has 0 aliphatic carbocycles. The molecular formula is C18H21N3O2. The predicted molar refractivity (Wildman–Crippen MR) is 89.2 cm³/mol. The molecule has 5 nitrogen and oxygen atoms in total. The van der Waals surface area contributed by atoms with Crippen LogP contribution in [0.2, 0.25) is 0 Å². The maximum absolute atomic E-state index is 11.8. The van der Waals surface area contributed by atoms with Crippen molar-refractivity contribution in [3.63, 3.8) is 0 Å². The van der Waals surface area contributed by atoms with E-state index in [9.17, 15) is 9.59 Å². The van der Waals surface area contributed by atoms with Crippen LogP contribution in [0.4, 0.5) is 0 Å². The van der Waals surface area contributed by atoms with Crippen molar-refractivity contribution in [2.45, 2.75) is 26.6 Å². The highest BCUT2D eigenvalue weighted by Crippen LogP contribution is 2.04. The van der Waals surface area contributed by atoms with Gasteiger partial charge in [-0.2, -0.15) is 0 Å². The summed E-state index contributed by atoms with van der Waals surface area (Å²) in [6, 6.07) is 15.4. The van der Waals surface area contributed by atoms with Crippen molar-refractivity contribution in [3.8, 4) is 0 Å². The van der Waals surface area contributed by atoms with Crippen LogP contribution in [-0.4, -0.2) is 11.8 Å². The van der Waals surface area contributed by atoms with Crippen LogP contribution in [0.15, 0.2) is 48.5 Å².